The van der Waals surface area contributed by atoms with Crippen molar-refractivity contribution in [1.29, 1.82) is 0 Å². The maximum Gasteiger partial charge on any atom is 0.240 e. The van der Waals surface area contributed by atoms with Gasteiger partial charge in [0.1, 0.15) is 11.2 Å². The monoisotopic (exact) mass is 396 g/mol. The Bertz CT molecular complexity index is 1190. The molecule has 150 valence electrons. The van der Waals surface area contributed by atoms with Crippen LogP contribution in [0, 0.1) is 0 Å². The number of benzene rings is 3. The van der Waals surface area contributed by atoms with E-state index in [0.717, 1.165) is 30.0 Å². The van der Waals surface area contributed by atoms with E-state index >= 15 is 0 Å². The van der Waals surface area contributed by atoms with Gasteiger partial charge in [-0.25, -0.2) is 0 Å². The van der Waals surface area contributed by atoms with E-state index in [2.05, 4.69) is 59.5 Å². The van der Waals surface area contributed by atoms with Crippen LogP contribution in [0.15, 0.2) is 66.7 Å². The molecule has 4 nitrogen and oxygen atoms in total. The SMILES string of the molecule is COc1ccc2c(c1)[C@]1(Cc3ccccc3N3CCc4ccccc4[C@H]31)C(=O)N2C. The Labute approximate surface area is 176 Å². The Hall–Kier alpha value is -3.27. The highest BCUT2D eigenvalue weighted by Crippen LogP contribution is 2.58. The number of likely N-dealkylation sites (N-methyl/N-ethyl adjacent to an activating group) is 1. The minimum absolute atomic E-state index is 0.0272. The summed E-state index contributed by atoms with van der Waals surface area (Å²) in [6, 6.07) is 23.3. The van der Waals surface area contributed by atoms with Crippen LogP contribution in [0.5, 0.6) is 5.75 Å². The quantitative estimate of drug-likeness (QED) is 0.616. The van der Waals surface area contributed by atoms with Gasteiger partial charge in [0.15, 0.2) is 0 Å². The van der Waals surface area contributed by atoms with Crippen molar-refractivity contribution in [1.82, 2.24) is 0 Å². The van der Waals surface area contributed by atoms with Crippen molar-refractivity contribution in [3.8, 4) is 5.75 Å². The van der Waals surface area contributed by atoms with Gasteiger partial charge in [0.05, 0.1) is 13.2 Å². The molecule has 3 aromatic carbocycles. The lowest BCUT2D eigenvalue weighted by molar-refractivity contribution is -0.124. The Morgan fingerprint density at radius 1 is 0.967 bits per heavy atom. The van der Waals surface area contributed by atoms with E-state index in [1.54, 1.807) is 7.11 Å². The number of carbonyl (C=O) groups excluding carboxylic acids is 1. The van der Waals surface area contributed by atoms with Gasteiger partial charge in [-0.2, -0.15) is 0 Å². The van der Waals surface area contributed by atoms with Crippen molar-refractivity contribution in [3.05, 3.63) is 89.0 Å². The fourth-order valence-electron chi connectivity index (χ4n) is 5.95. The number of ether oxygens (including phenoxy) is 1. The highest BCUT2D eigenvalue weighted by Gasteiger charge is 2.60. The summed E-state index contributed by atoms with van der Waals surface area (Å²) in [5.74, 6) is 0.970. The number of nitrogens with zero attached hydrogens (tertiary/aromatic N) is 2. The lowest BCUT2D eigenvalue weighted by Crippen LogP contribution is -2.56. The zero-order valence-corrected chi connectivity index (χ0v) is 17.3. The molecule has 1 amide bonds. The molecular weight excluding hydrogens is 372 g/mol. The van der Waals surface area contributed by atoms with E-state index in [-0.39, 0.29) is 11.9 Å². The second kappa shape index (κ2) is 6.11. The number of amides is 1. The Morgan fingerprint density at radius 2 is 1.73 bits per heavy atom. The number of anilines is 2. The van der Waals surface area contributed by atoms with Crippen LogP contribution in [0.1, 0.15) is 28.3 Å². The number of carbonyl (C=O) groups is 1. The second-order valence-corrected chi connectivity index (χ2v) is 8.57. The molecule has 3 aliphatic heterocycles. The predicted molar refractivity (Wildman–Crippen MR) is 118 cm³/mol. The summed E-state index contributed by atoms with van der Waals surface area (Å²) in [7, 11) is 3.59. The second-order valence-electron chi connectivity index (χ2n) is 8.57. The van der Waals surface area contributed by atoms with Gasteiger partial charge in [0.2, 0.25) is 5.91 Å². The summed E-state index contributed by atoms with van der Waals surface area (Å²) < 4.78 is 5.58. The first-order valence-electron chi connectivity index (χ1n) is 10.5. The molecule has 0 N–H and O–H groups in total. The van der Waals surface area contributed by atoms with Gasteiger partial charge in [-0.1, -0.05) is 42.5 Å². The first-order valence-corrected chi connectivity index (χ1v) is 10.5. The van der Waals surface area contributed by atoms with Gasteiger partial charge in [-0.05, 0) is 59.4 Å². The van der Waals surface area contributed by atoms with Gasteiger partial charge < -0.3 is 14.5 Å². The van der Waals surface area contributed by atoms with E-state index in [1.165, 1.54) is 22.4 Å². The highest BCUT2D eigenvalue weighted by atomic mass is 16.5. The lowest BCUT2D eigenvalue weighted by Gasteiger charge is -2.52. The molecule has 0 saturated heterocycles. The van der Waals surface area contributed by atoms with Crippen molar-refractivity contribution in [2.75, 3.05) is 30.5 Å². The lowest BCUT2D eigenvalue weighted by atomic mass is 9.63. The fraction of sp³-hybridized carbons (Fsp3) is 0.269. The van der Waals surface area contributed by atoms with Crippen molar-refractivity contribution >= 4 is 17.3 Å². The summed E-state index contributed by atoms with van der Waals surface area (Å²) in [5, 5.41) is 0. The highest BCUT2D eigenvalue weighted by molar-refractivity contribution is 6.09. The van der Waals surface area contributed by atoms with E-state index < -0.39 is 5.41 Å². The molecule has 0 saturated carbocycles. The van der Waals surface area contributed by atoms with E-state index in [1.807, 2.05) is 24.1 Å². The summed E-state index contributed by atoms with van der Waals surface area (Å²) in [6.07, 6.45) is 1.69. The Balaban J connectivity index is 1.69. The van der Waals surface area contributed by atoms with E-state index in [4.69, 9.17) is 4.74 Å². The predicted octanol–water partition coefficient (Wildman–Crippen LogP) is 4.27. The van der Waals surface area contributed by atoms with Crippen molar-refractivity contribution in [3.63, 3.8) is 0 Å². The summed E-state index contributed by atoms with van der Waals surface area (Å²) in [6.45, 7) is 0.913. The summed E-state index contributed by atoms with van der Waals surface area (Å²) in [4.78, 5) is 18.4. The third kappa shape index (κ3) is 2.08. The third-order valence-electron chi connectivity index (χ3n) is 7.25. The smallest absolute Gasteiger partial charge is 0.240 e. The number of para-hydroxylation sites is 1. The minimum Gasteiger partial charge on any atom is -0.497 e. The number of methoxy groups -OCH3 is 1. The molecule has 0 radical (unpaired) electrons. The van der Waals surface area contributed by atoms with Crippen LogP contribution in [0.3, 0.4) is 0 Å². The van der Waals surface area contributed by atoms with Crippen LogP contribution in [-0.4, -0.2) is 26.6 Å². The maximum atomic E-state index is 14.1. The topological polar surface area (TPSA) is 32.8 Å². The zero-order valence-electron chi connectivity index (χ0n) is 17.3. The molecule has 0 bridgehead atoms. The maximum absolute atomic E-state index is 14.1. The van der Waals surface area contributed by atoms with Gasteiger partial charge in [0.25, 0.3) is 0 Å². The largest absolute Gasteiger partial charge is 0.497 e. The Morgan fingerprint density at radius 3 is 2.57 bits per heavy atom. The zero-order chi connectivity index (χ0) is 20.5. The van der Waals surface area contributed by atoms with E-state index in [9.17, 15) is 4.79 Å². The molecule has 0 fully saturated rings. The van der Waals surface area contributed by atoms with Gasteiger partial charge in [0, 0.05) is 25.0 Å². The molecule has 0 aromatic heterocycles. The van der Waals surface area contributed by atoms with Gasteiger partial charge >= 0.3 is 0 Å². The standard InChI is InChI=1S/C26H24N2O2/c1-27-23-12-11-19(30-2)15-21(23)26(25(27)29)16-18-8-4-6-10-22(18)28-14-13-17-7-3-5-9-20(17)24(26)28/h3-12,15,24H,13-14,16H2,1-2H3/t24-,26-/m0/s1. The van der Waals surface area contributed by atoms with Crippen molar-refractivity contribution in [2.45, 2.75) is 24.3 Å². The van der Waals surface area contributed by atoms with Crippen LogP contribution < -0.4 is 14.5 Å². The molecule has 4 heteroatoms. The average molecular weight is 396 g/mol. The van der Waals surface area contributed by atoms with Crippen LogP contribution in [0.25, 0.3) is 0 Å². The van der Waals surface area contributed by atoms with Crippen LogP contribution in [-0.2, 0) is 23.1 Å². The number of fused-ring (bicyclic) bond motifs is 8. The average Bonchev–Trinajstić information content (AvgIpc) is 3.00. The van der Waals surface area contributed by atoms with Crippen molar-refractivity contribution < 1.29 is 9.53 Å². The first-order chi connectivity index (χ1) is 14.6. The normalized spacial score (nSPS) is 23.7. The molecule has 6 rings (SSSR count). The number of hydrogen-bond donors (Lipinski definition) is 0. The Kier molecular flexibility index (Phi) is 3.58. The first kappa shape index (κ1) is 17.6. The van der Waals surface area contributed by atoms with Crippen LogP contribution >= 0.6 is 0 Å². The van der Waals surface area contributed by atoms with Gasteiger partial charge in [-0.15, -0.1) is 0 Å². The molecule has 3 heterocycles. The molecule has 3 aliphatic rings. The molecule has 0 aliphatic carbocycles. The molecule has 3 aromatic rings. The van der Waals surface area contributed by atoms with Crippen LogP contribution in [0.2, 0.25) is 0 Å². The molecule has 2 atom stereocenters. The van der Waals surface area contributed by atoms with Gasteiger partial charge in [-0.3, -0.25) is 4.79 Å². The minimum atomic E-state index is -0.663. The third-order valence-corrected chi connectivity index (χ3v) is 7.25. The number of hydrogen-bond acceptors (Lipinski definition) is 3. The van der Waals surface area contributed by atoms with Crippen LogP contribution in [0.4, 0.5) is 11.4 Å². The summed E-state index contributed by atoms with van der Waals surface area (Å²) >= 11 is 0. The molecule has 30 heavy (non-hydrogen) atoms. The van der Waals surface area contributed by atoms with Crippen molar-refractivity contribution in [2.24, 2.45) is 0 Å². The molecular formula is C26H24N2O2. The van der Waals surface area contributed by atoms with E-state index in [0.29, 0.717) is 6.42 Å². The molecule has 0 unspecified atom stereocenters. The molecule has 1 spiro atoms. The number of rotatable bonds is 1. The summed E-state index contributed by atoms with van der Waals surface area (Å²) in [5.41, 5.74) is 6.53. The fourth-order valence-corrected chi connectivity index (χ4v) is 5.95.